The number of rotatable bonds is 6. The fourth-order valence-electron chi connectivity index (χ4n) is 1.23. The molecule has 0 aliphatic heterocycles. The summed E-state index contributed by atoms with van der Waals surface area (Å²) in [6.07, 6.45) is 5.31. The van der Waals surface area contributed by atoms with Gasteiger partial charge >= 0.3 is 8.60 Å². The lowest BCUT2D eigenvalue weighted by Crippen LogP contribution is -2.00. The van der Waals surface area contributed by atoms with Crippen LogP contribution in [0.25, 0.3) is 0 Å². The molecule has 0 spiro atoms. The van der Waals surface area contributed by atoms with Crippen LogP contribution in [0.5, 0.6) is 5.75 Å². The molecule has 86 valence electrons. The Kier molecular flexibility index (Phi) is 3.09. The van der Waals surface area contributed by atoms with Gasteiger partial charge in [0.1, 0.15) is 5.75 Å². The van der Waals surface area contributed by atoms with Crippen LogP contribution in [0.1, 0.15) is 25.7 Å². The van der Waals surface area contributed by atoms with E-state index in [-0.39, 0.29) is 0 Å². The number of hydrogen-bond donors (Lipinski definition) is 0. The van der Waals surface area contributed by atoms with E-state index in [0.717, 1.165) is 31.4 Å². The molecule has 0 bridgehead atoms. The molecule has 3 nitrogen and oxygen atoms in total. The van der Waals surface area contributed by atoms with Crippen LogP contribution < -0.4 is 4.52 Å². The van der Waals surface area contributed by atoms with Crippen LogP contribution in [0.2, 0.25) is 0 Å². The van der Waals surface area contributed by atoms with Crippen LogP contribution in [0, 0.1) is 0 Å². The third-order valence-corrected chi connectivity index (χ3v) is 3.74. The molecule has 0 aromatic heterocycles. The third-order valence-electron chi connectivity index (χ3n) is 2.44. The fraction of sp³-hybridized carbons (Fsp3) is 0.500. The van der Waals surface area contributed by atoms with E-state index in [0.29, 0.717) is 12.2 Å². The fourth-order valence-corrected chi connectivity index (χ4v) is 2.56. The van der Waals surface area contributed by atoms with Crippen LogP contribution in [0.4, 0.5) is 0 Å². The molecular weight excluding hydrogens is 223 g/mol. The SMILES string of the molecule is c1ccc(OP(OC2CC2)OC2CC2)cc1. The molecule has 4 heteroatoms. The van der Waals surface area contributed by atoms with Crippen molar-refractivity contribution in [3.8, 4) is 5.75 Å². The van der Waals surface area contributed by atoms with Crippen molar-refractivity contribution in [3.63, 3.8) is 0 Å². The highest BCUT2D eigenvalue weighted by molar-refractivity contribution is 7.42. The first-order valence-corrected chi connectivity index (χ1v) is 6.86. The van der Waals surface area contributed by atoms with Crippen LogP contribution >= 0.6 is 8.60 Å². The van der Waals surface area contributed by atoms with Gasteiger partial charge in [-0.15, -0.1) is 0 Å². The molecule has 0 atom stereocenters. The Hall–Kier alpha value is -0.630. The van der Waals surface area contributed by atoms with E-state index in [1.807, 2.05) is 30.3 Å². The number of para-hydroxylation sites is 1. The van der Waals surface area contributed by atoms with Crippen LogP contribution in [0.15, 0.2) is 30.3 Å². The normalized spacial score (nSPS) is 20.1. The van der Waals surface area contributed by atoms with Crippen molar-refractivity contribution in [1.82, 2.24) is 0 Å². The second-order valence-electron chi connectivity index (χ2n) is 4.24. The lowest BCUT2D eigenvalue weighted by molar-refractivity contribution is 0.191. The lowest BCUT2D eigenvalue weighted by Gasteiger charge is -2.16. The van der Waals surface area contributed by atoms with Gasteiger partial charge in [0.2, 0.25) is 0 Å². The monoisotopic (exact) mass is 238 g/mol. The summed E-state index contributed by atoms with van der Waals surface area (Å²) in [6, 6.07) is 9.75. The average molecular weight is 238 g/mol. The second kappa shape index (κ2) is 4.70. The van der Waals surface area contributed by atoms with Crippen molar-refractivity contribution >= 4 is 8.60 Å². The minimum atomic E-state index is -1.19. The molecule has 2 fully saturated rings. The molecule has 3 rings (SSSR count). The molecule has 0 saturated heterocycles. The predicted octanol–water partition coefficient (Wildman–Crippen LogP) is 3.65. The molecular formula is C12H15O3P. The summed E-state index contributed by atoms with van der Waals surface area (Å²) in [7, 11) is -1.19. The van der Waals surface area contributed by atoms with E-state index >= 15 is 0 Å². The summed E-state index contributed by atoms with van der Waals surface area (Å²) in [6.45, 7) is 0. The van der Waals surface area contributed by atoms with Gasteiger partial charge in [0.05, 0.1) is 12.2 Å². The Morgan fingerprint density at radius 3 is 1.94 bits per heavy atom. The van der Waals surface area contributed by atoms with Crippen molar-refractivity contribution in [2.24, 2.45) is 0 Å². The number of benzene rings is 1. The zero-order valence-corrected chi connectivity index (χ0v) is 9.94. The Morgan fingerprint density at radius 2 is 1.44 bits per heavy atom. The van der Waals surface area contributed by atoms with Crippen LogP contribution in [0.3, 0.4) is 0 Å². The Balaban J connectivity index is 1.57. The molecule has 2 aliphatic carbocycles. The van der Waals surface area contributed by atoms with Crippen molar-refractivity contribution in [3.05, 3.63) is 30.3 Å². The summed E-state index contributed by atoms with van der Waals surface area (Å²) in [4.78, 5) is 0. The van der Waals surface area contributed by atoms with Gasteiger partial charge in [0.15, 0.2) is 0 Å². The quantitative estimate of drug-likeness (QED) is 0.708. The van der Waals surface area contributed by atoms with Crippen molar-refractivity contribution < 1.29 is 13.6 Å². The number of hydrogen-bond acceptors (Lipinski definition) is 3. The van der Waals surface area contributed by atoms with Crippen LogP contribution in [-0.2, 0) is 9.05 Å². The Morgan fingerprint density at radius 1 is 0.875 bits per heavy atom. The van der Waals surface area contributed by atoms with E-state index < -0.39 is 8.60 Å². The maximum absolute atomic E-state index is 5.74. The van der Waals surface area contributed by atoms with E-state index in [1.165, 1.54) is 0 Å². The van der Waals surface area contributed by atoms with Gasteiger partial charge in [0, 0.05) is 0 Å². The molecule has 2 saturated carbocycles. The van der Waals surface area contributed by atoms with Gasteiger partial charge in [-0.2, -0.15) is 0 Å². The third kappa shape index (κ3) is 3.18. The van der Waals surface area contributed by atoms with Gasteiger partial charge in [-0.3, -0.25) is 9.05 Å². The van der Waals surface area contributed by atoms with E-state index in [2.05, 4.69) is 0 Å². The smallest absolute Gasteiger partial charge is 0.397 e. The predicted molar refractivity (Wildman–Crippen MR) is 62.2 cm³/mol. The van der Waals surface area contributed by atoms with Gasteiger partial charge in [-0.25, -0.2) is 0 Å². The first kappa shape index (κ1) is 10.5. The highest BCUT2D eigenvalue weighted by Crippen LogP contribution is 2.50. The van der Waals surface area contributed by atoms with Gasteiger partial charge < -0.3 is 4.52 Å². The molecule has 0 radical (unpaired) electrons. The highest BCUT2D eigenvalue weighted by atomic mass is 31.2. The topological polar surface area (TPSA) is 27.7 Å². The summed E-state index contributed by atoms with van der Waals surface area (Å²) < 4.78 is 17.2. The molecule has 1 aromatic carbocycles. The lowest BCUT2D eigenvalue weighted by atomic mass is 10.3. The highest BCUT2D eigenvalue weighted by Gasteiger charge is 2.34. The molecule has 0 N–H and O–H groups in total. The Labute approximate surface area is 96.7 Å². The zero-order valence-electron chi connectivity index (χ0n) is 9.04. The molecule has 16 heavy (non-hydrogen) atoms. The minimum Gasteiger partial charge on any atom is -0.427 e. The molecule has 2 aliphatic rings. The summed E-state index contributed by atoms with van der Waals surface area (Å²) >= 11 is 0. The van der Waals surface area contributed by atoms with Crippen LogP contribution in [-0.4, -0.2) is 12.2 Å². The molecule has 1 aromatic rings. The first-order valence-electron chi connectivity index (χ1n) is 5.77. The maximum Gasteiger partial charge on any atom is 0.397 e. The summed E-state index contributed by atoms with van der Waals surface area (Å²) in [5.74, 6) is 0.829. The van der Waals surface area contributed by atoms with Gasteiger partial charge in [0.25, 0.3) is 0 Å². The second-order valence-corrected chi connectivity index (χ2v) is 5.29. The summed E-state index contributed by atoms with van der Waals surface area (Å²) in [5.41, 5.74) is 0. The summed E-state index contributed by atoms with van der Waals surface area (Å²) in [5, 5.41) is 0. The molecule has 0 amide bonds. The zero-order chi connectivity index (χ0) is 10.8. The molecule has 0 unspecified atom stereocenters. The van der Waals surface area contributed by atoms with Crippen molar-refractivity contribution in [2.45, 2.75) is 37.9 Å². The maximum atomic E-state index is 5.74. The van der Waals surface area contributed by atoms with Gasteiger partial charge in [-0.1, -0.05) is 18.2 Å². The van der Waals surface area contributed by atoms with Gasteiger partial charge in [-0.05, 0) is 37.8 Å². The van der Waals surface area contributed by atoms with E-state index in [9.17, 15) is 0 Å². The average Bonchev–Trinajstić information content (AvgIpc) is 3.15. The largest absolute Gasteiger partial charge is 0.427 e. The standard InChI is InChI=1S/C12H15O3P/c1-2-4-10(5-3-1)13-16(14-11-6-7-11)15-12-8-9-12/h1-5,11-12H,6-9H2. The van der Waals surface area contributed by atoms with E-state index in [1.54, 1.807) is 0 Å². The van der Waals surface area contributed by atoms with Crippen molar-refractivity contribution in [2.75, 3.05) is 0 Å². The first-order chi connectivity index (χ1) is 7.90. The Bertz CT molecular complexity index is 321. The molecule has 0 heterocycles. The minimum absolute atomic E-state index is 0.369. The van der Waals surface area contributed by atoms with E-state index in [4.69, 9.17) is 13.6 Å². The van der Waals surface area contributed by atoms with Crippen molar-refractivity contribution in [1.29, 1.82) is 0 Å².